The smallest absolute Gasteiger partial charge is 0.267 e. The molecule has 1 aromatic rings. The van der Waals surface area contributed by atoms with Gasteiger partial charge in [0, 0.05) is 10.0 Å². The van der Waals surface area contributed by atoms with Crippen LogP contribution in [0.2, 0.25) is 0 Å². The number of fused-ring (bicyclic) bond motifs is 1. The maximum atomic E-state index is 12.0. The second kappa shape index (κ2) is 3.86. The molecule has 0 bridgehead atoms. The average molecular weight is 284 g/mol. The van der Waals surface area contributed by atoms with Crippen molar-refractivity contribution in [3.05, 3.63) is 33.8 Å². The number of benzene rings is 1. The van der Waals surface area contributed by atoms with E-state index in [9.17, 15) is 4.79 Å². The maximum absolute atomic E-state index is 12.0. The quantitative estimate of drug-likeness (QED) is 0.793. The van der Waals surface area contributed by atoms with Crippen LogP contribution in [0.15, 0.2) is 22.7 Å². The Morgan fingerprint density at radius 3 is 2.69 bits per heavy atom. The summed E-state index contributed by atoms with van der Waals surface area (Å²) in [5, 5.41) is 1.43. The van der Waals surface area contributed by atoms with Gasteiger partial charge in [0.2, 0.25) is 0 Å². The van der Waals surface area contributed by atoms with Gasteiger partial charge in [-0.15, -0.1) is 0 Å². The maximum Gasteiger partial charge on any atom is 0.278 e. The highest BCUT2D eigenvalue weighted by Crippen LogP contribution is 2.27. The fourth-order valence-corrected chi connectivity index (χ4v) is 2.08. The van der Waals surface area contributed by atoms with E-state index in [2.05, 4.69) is 15.9 Å². The zero-order chi connectivity index (χ0) is 11.9. The first kappa shape index (κ1) is 11.6. The van der Waals surface area contributed by atoms with Gasteiger partial charge in [0.1, 0.15) is 0 Å². The number of nitrogens with zero attached hydrogens (tertiary/aromatic N) is 1. The molecule has 0 spiro atoms. The molecule has 0 saturated heterocycles. The Bertz CT molecular complexity index is 437. The third-order valence-corrected chi connectivity index (χ3v) is 2.72. The SMILES string of the molecule is CC(C)(C)ON1Cc2cc(Br)ccc2C1=O. The number of hydrogen-bond donors (Lipinski definition) is 0. The Morgan fingerprint density at radius 1 is 1.38 bits per heavy atom. The van der Waals surface area contributed by atoms with Gasteiger partial charge >= 0.3 is 0 Å². The van der Waals surface area contributed by atoms with Crippen LogP contribution in [0.25, 0.3) is 0 Å². The fraction of sp³-hybridized carbons (Fsp3) is 0.417. The van der Waals surface area contributed by atoms with Gasteiger partial charge in [-0.1, -0.05) is 15.9 Å². The van der Waals surface area contributed by atoms with E-state index >= 15 is 0 Å². The predicted octanol–water partition coefficient (Wildman–Crippen LogP) is 3.14. The first-order valence-electron chi connectivity index (χ1n) is 5.16. The van der Waals surface area contributed by atoms with Crippen molar-refractivity contribution in [3.63, 3.8) is 0 Å². The summed E-state index contributed by atoms with van der Waals surface area (Å²) >= 11 is 3.40. The minimum atomic E-state index is -0.352. The van der Waals surface area contributed by atoms with Crippen LogP contribution >= 0.6 is 15.9 Å². The molecule has 0 atom stereocenters. The summed E-state index contributed by atoms with van der Waals surface area (Å²) in [7, 11) is 0. The first-order valence-corrected chi connectivity index (χ1v) is 5.95. The van der Waals surface area contributed by atoms with Crippen molar-refractivity contribution in [1.82, 2.24) is 5.06 Å². The van der Waals surface area contributed by atoms with E-state index < -0.39 is 0 Å². The average Bonchev–Trinajstić information content (AvgIpc) is 2.40. The number of rotatable bonds is 1. The van der Waals surface area contributed by atoms with E-state index in [1.54, 1.807) is 0 Å². The van der Waals surface area contributed by atoms with Gasteiger partial charge in [-0.25, -0.2) is 5.06 Å². The molecular formula is C12H14BrNO2. The molecule has 1 amide bonds. The minimum absolute atomic E-state index is 0.0579. The van der Waals surface area contributed by atoms with Gasteiger partial charge in [-0.3, -0.25) is 9.63 Å². The summed E-state index contributed by atoms with van der Waals surface area (Å²) in [6.45, 7) is 6.31. The Hall–Kier alpha value is -0.870. The van der Waals surface area contributed by atoms with Crippen LogP contribution < -0.4 is 0 Å². The molecule has 0 aliphatic carbocycles. The summed E-state index contributed by atoms with van der Waals surface area (Å²) in [6.07, 6.45) is 0. The molecule has 0 fully saturated rings. The monoisotopic (exact) mass is 283 g/mol. The molecule has 3 nitrogen and oxygen atoms in total. The van der Waals surface area contributed by atoms with Crippen molar-refractivity contribution >= 4 is 21.8 Å². The summed E-state index contributed by atoms with van der Waals surface area (Å²) in [5.74, 6) is -0.0579. The second-order valence-corrected chi connectivity index (χ2v) is 5.76. The van der Waals surface area contributed by atoms with Crippen LogP contribution in [-0.2, 0) is 11.4 Å². The van der Waals surface area contributed by atoms with E-state index in [-0.39, 0.29) is 11.5 Å². The summed E-state index contributed by atoms with van der Waals surface area (Å²) < 4.78 is 0.983. The third kappa shape index (κ3) is 2.28. The zero-order valence-corrected chi connectivity index (χ0v) is 11.2. The van der Waals surface area contributed by atoms with Crippen molar-refractivity contribution in [2.75, 3.05) is 0 Å². The normalized spacial score (nSPS) is 15.5. The molecule has 86 valence electrons. The van der Waals surface area contributed by atoms with Gasteiger partial charge in [0.05, 0.1) is 12.1 Å². The molecule has 0 saturated carbocycles. The van der Waals surface area contributed by atoms with E-state index in [0.717, 1.165) is 15.6 Å². The lowest BCUT2D eigenvalue weighted by atomic mass is 10.1. The van der Waals surface area contributed by atoms with E-state index in [1.165, 1.54) is 5.06 Å². The lowest BCUT2D eigenvalue weighted by Gasteiger charge is -2.25. The zero-order valence-electron chi connectivity index (χ0n) is 9.58. The number of carbonyl (C=O) groups is 1. The molecule has 0 N–H and O–H groups in total. The van der Waals surface area contributed by atoms with Crippen LogP contribution in [-0.4, -0.2) is 16.6 Å². The lowest BCUT2D eigenvalue weighted by molar-refractivity contribution is -0.197. The molecule has 0 aromatic heterocycles. The van der Waals surface area contributed by atoms with Crippen molar-refractivity contribution < 1.29 is 9.63 Å². The Morgan fingerprint density at radius 2 is 2.06 bits per heavy atom. The Balaban J connectivity index is 2.24. The highest BCUT2D eigenvalue weighted by molar-refractivity contribution is 9.10. The van der Waals surface area contributed by atoms with Gasteiger partial charge < -0.3 is 0 Å². The summed E-state index contributed by atoms with van der Waals surface area (Å²) in [5.41, 5.74) is 1.38. The number of carbonyl (C=O) groups excluding carboxylic acids is 1. The van der Waals surface area contributed by atoms with Crippen molar-refractivity contribution in [1.29, 1.82) is 0 Å². The summed E-state index contributed by atoms with van der Waals surface area (Å²) in [6, 6.07) is 5.66. The van der Waals surface area contributed by atoms with Crippen LogP contribution in [0, 0.1) is 0 Å². The highest BCUT2D eigenvalue weighted by atomic mass is 79.9. The fourth-order valence-electron chi connectivity index (χ4n) is 1.67. The lowest BCUT2D eigenvalue weighted by Crippen LogP contribution is -2.34. The molecule has 1 aliphatic heterocycles. The standard InChI is InChI=1S/C12H14BrNO2/c1-12(2,3)16-14-7-8-6-9(13)4-5-10(8)11(14)15/h4-6H,7H2,1-3H3. The first-order chi connectivity index (χ1) is 7.37. The second-order valence-electron chi connectivity index (χ2n) is 4.85. The molecular weight excluding hydrogens is 270 g/mol. The van der Waals surface area contributed by atoms with Crippen molar-refractivity contribution in [2.45, 2.75) is 32.9 Å². The van der Waals surface area contributed by atoms with Crippen LogP contribution in [0.4, 0.5) is 0 Å². The summed E-state index contributed by atoms with van der Waals surface area (Å²) in [4.78, 5) is 17.6. The Labute approximate surface area is 103 Å². The molecule has 1 aliphatic rings. The molecule has 4 heteroatoms. The molecule has 16 heavy (non-hydrogen) atoms. The largest absolute Gasteiger partial charge is 0.278 e. The Kier molecular flexibility index (Phi) is 2.80. The van der Waals surface area contributed by atoms with Gasteiger partial charge in [-0.2, -0.15) is 0 Å². The highest BCUT2D eigenvalue weighted by Gasteiger charge is 2.31. The molecule has 0 unspecified atom stereocenters. The molecule has 2 rings (SSSR count). The molecule has 1 heterocycles. The predicted molar refractivity (Wildman–Crippen MR) is 64.9 cm³/mol. The number of halogens is 1. The van der Waals surface area contributed by atoms with Crippen molar-refractivity contribution in [2.24, 2.45) is 0 Å². The van der Waals surface area contributed by atoms with Gasteiger partial charge in [0.25, 0.3) is 5.91 Å². The van der Waals surface area contributed by atoms with Gasteiger partial charge in [-0.05, 0) is 44.5 Å². The molecule has 1 aromatic carbocycles. The number of hydrogen-bond acceptors (Lipinski definition) is 2. The van der Waals surface area contributed by atoms with Crippen LogP contribution in [0.3, 0.4) is 0 Å². The topological polar surface area (TPSA) is 29.5 Å². The van der Waals surface area contributed by atoms with Crippen molar-refractivity contribution in [3.8, 4) is 0 Å². The van der Waals surface area contributed by atoms with Crippen LogP contribution in [0.5, 0.6) is 0 Å². The number of hydroxylamine groups is 2. The van der Waals surface area contributed by atoms with E-state index in [4.69, 9.17) is 4.84 Å². The van der Waals surface area contributed by atoms with Crippen LogP contribution in [0.1, 0.15) is 36.7 Å². The molecule has 0 radical (unpaired) electrons. The van der Waals surface area contributed by atoms with Gasteiger partial charge in [0.15, 0.2) is 0 Å². The minimum Gasteiger partial charge on any atom is -0.267 e. The van der Waals surface area contributed by atoms with E-state index in [1.807, 2.05) is 39.0 Å². The van der Waals surface area contributed by atoms with E-state index in [0.29, 0.717) is 6.54 Å². The number of amides is 1. The third-order valence-electron chi connectivity index (χ3n) is 2.22.